The van der Waals surface area contributed by atoms with E-state index in [9.17, 15) is 15.2 Å². The molecule has 0 saturated carbocycles. The topological polar surface area (TPSA) is 81.8 Å². The zero-order valence-electron chi connectivity index (χ0n) is 11.7. The van der Waals surface area contributed by atoms with Crippen molar-refractivity contribution in [2.24, 2.45) is 0 Å². The predicted octanol–water partition coefficient (Wildman–Crippen LogP) is 3.20. The first-order valence-electron chi connectivity index (χ1n) is 6.26. The van der Waals surface area contributed by atoms with Crippen LogP contribution in [0.2, 0.25) is 0 Å². The van der Waals surface area contributed by atoms with Crippen LogP contribution in [0.15, 0.2) is 36.4 Å². The zero-order valence-corrected chi connectivity index (χ0v) is 11.7. The van der Waals surface area contributed by atoms with E-state index < -0.39 is 4.92 Å². The summed E-state index contributed by atoms with van der Waals surface area (Å²) in [4.78, 5) is 10.3. The summed E-state index contributed by atoms with van der Waals surface area (Å²) in [5, 5.41) is 20.1. The molecule has 110 valence electrons. The molecule has 0 atom stereocenters. The molecule has 0 amide bonds. The molecule has 0 spiro atoms. The van der Waals surface area contributed by atoms with E-state index in [1.807, 2.05) is 19.1 Å². The fraction of sp³-hybridized carbons (Fsp3) is 0.200. The Bertz CT molecular complexity index is 669. The third-order valence-electron chi connectivity index (χ3n) is 2.96. The Labute approximate surface area is 121 Å². The highest BCUT2D eigenvalue weighted by atomic mass is 16.6. The number of non-ortho nitro benzene ring substituents is 1. The fourth-order valence-electron chi connectivity index (χ4n) is 1.90. The summed E-state index contributed by atoms with van der Waals surface area (Å²) >= 11 is 0. The molecule has 0 aliphatic heterocycles. The monoisotopic (exact) mass is 289 g/mol. The first kappa shape index (κ1) is 14.8. The van der Waals surface area contributed by atoms with Gasteiger partial charge in [-0.1, -0.05) is 17.7 Å². The maximum atomic E-state index is 10.8. The van der Waals surface area contributed by atoms with E-state index in [-0.39, 0.29) is 18.0 Å². The third-order valence-corrected chi connectivity index (χ3v) is 2.96. The molecule has 0 aromatic heterocycles. The second-order valence-corrected chi connectivity index (χ2v) is 4.46. The number of rotatable bonds is 5. The lowest BCUT2D eigenvalue weighted by Crippen LogP contribution is -1.96. The number of aryl methyl sites for hydroxylation is 1. The Kier molecular flexibility index (Phi) is 4.39. The van der Waals surface area contributed by atoms with Gasteiger partial charge in [-0.2, -0.15) is 0 Å². The van der Waals surface area contributed by atoms with Crippen molar-refractivity contribution < 1.29 is 19.5 Å². The molecular weight excluding hydrogens is 274 g/mol. The van der Waals surface area contributed by atoms with Crippen molar-refractivity contribution in [3.63, 3.8) is 0 Å². The van der Waals surface area contributed by atoms with Crippen LogP contribution in [0, 0.1) is 17.0 Å². The van der Waals surface area contributed by atoms with E-state index >= 15 is 0 Å². The summed E-state index contributed by atoms with van der Waals surface area (Å²) in [6, 6.07) is 9.51. The van der Waals surface area contributed by atoms with Gasteiger partial charge >= 0.3 is 0 Å². The summed E-state index contributed by atoms with van der Waals surface area (Å²) < 4.78 is 10.8. The van der Waals surface area contributed by atoms with E-state index in [2.05, 4.69) is 0 Å². The maximum absolute atomic E-state index is 10.8. The number of aliphatic hydroxyl groups excluding tert-OH is 1. The average molecular weight is 289 g/mol. The number of hydrogen-bond donors (Lipinski definition) is 1. The molecule has 1 N–H and O–H groups in total. The van der Waals surface area contributed by atoms with Gasteiger partial charge in [-0.05, 0) is 19.1 Å². The number of ether oxygens (including phenoxy) is 2. The molecule has 0 aliphatic rings. The second kappa shape index (κ2) is 6.23. The van der Waals surface area contributed by atoms with Crippen molar-refractivity contribution in [2.45, 2.75) is 13.5 Å². The Morgan fingerprint density at radius 1 is 1.14 bits per heavy atom. The first-order chi connectivity index (χ1) is 10.0. The number of hydrogen-bond acceptors (Lipinski definition) is 5. The lowest BCUT2D eigenvalue weighted by atomic mass is 10.1. The van der Waals surface area contributed by atoms with Gasteiger partial charge in [0.15, 0.2) is 11.5 Å². The zero-order chi connectivity index (χ0) is 15.4. The van der Waals surface area contributed by atoms with Crippen molar-refractivity contribution in [2.75, 3.05) is 7.11 Å². The molecule has 0 unspecified atom stereocenters. The normalized spacial score (nSPS) is 10.2. The van der Waals surface area contributed by atoms with Gasteiger partial charge in [-0.25, -0.2) is 0 Å². The molecule has 0 aliphatic carbocycles. The highest BCUT2D eigenvalue weighted by molar-refractivity contribution is 5.51. The third kappa shape index (κ3) is 3.29. The molecule has 0 saturated heterocycles. The van der Waals surface area contributed by atoms with Gasteiger partial charge in [-0.15, -0.1) is 0 Å². The van der Waals surface area contributed by atoms with Crippen LogP contribution in [0.5, 0.6) is 17.2 Å². The van der Waals surface area contributed by atoms with Gasteiger partial charge in [0.25, 0.3) is 5.69 Å². The predicted molar refractivity (Wildman–Crippen MR) is 76.8 cm³/mol. The molecule has 21 heavy (non-hydrogen) atoms. The molecule has 2 rings (SSSR count). The van der Waals surface area contributed by atoms with Gasteiger partial charge in [0.05, 0.1) is 24.7 Å². The van der Waals surface area contributed by atoms with Crippen LogP contribution in [0.25, 0.3) is 0 Å². The summed E-state index contributed by atoms with van der Waals surface area (Å²) in [5.74, 6) is 1.09. The number of methoxy groups -OCH3 is 1. The summed E-state index contributed by atoms with van der Waals surface area (Å²) in [5.41, 5.74) is 1.56. The lowest BCUT2D eigenvalue weighted by molar-refractivity contribution is -0.384. The lowest BCUT2D eigenvalue weighted by Gasteiger charge is -2.13. The highest BCUT2D eigenvalue weighted by Crippen LogP contribution is 2.35. The number of nitro groups is 1. The summed E-state index contributed by atoms with van der Waals surface area (Å²) in [7, 11) is 1.41. The molecule has 6 heteroatoms. The Morgan fingerprint density at radius 3 is 2.48 bits per heavy atom. The van der Waals surface area contributed by atoms with E-state index in [1.165, 1.54) is 25.3 Å². The minimum absolute atomic E-state index is 0.0783. The average Bonchev–Trinajstić information content (AvgIpc) is 2.49. The van der Waals surface area contributed by atoms with Crippen molar-refractivity contribution in [3.05, 3.63) is 57.6 Å². The van der Waals surface area contributed by atoms with Gasteiger partial charge in [0.1, 0.15) is 5.75 Å². The van der Waals surface area contributed by atoms with Crippen molar-refractivity contribution in [1.82, 2.24) is 0 Å². The Hall–Kier alpha value is -2.60. The van der Waals surface area contributed by atoms with E-state index in [1.54, 1.807) is 6.07 Å². The number of aliphatic hydroxyl groups is 1. The first-order valence-corrected chi connectivity index (χ1v) is 6.26. The number of benzene rings is 2. The highest BCUT2D eigenvalue weighted by Gasteiger charge is 2.14. The molecule has 2 aromatic carbocycles. The molecule has 0 radical (unpaired) electrons. The number of nitro benzene ring substituents is 1. The van der Waals surface area contributed by atoms with E-state index in [0.29, 0.717) is 17.1 Å². The molecule has 2 aromatic rings. The van der Waals surface area contributed by atoms with Gasteiger partial charge in [0.2, 0.25) is 0 Å². The van der Waals surface area contributed by atoms with Crippen molar-refractivity contribution in [3.8, 4) is 17.2 Å². The maximum Gasteiger partial charge on any atom is 0.273 e. The molecule has 6 nitrogen and oxygen atoms in total. The largest absolute Gasteiger partial charge is 0.493 e. The van der Waals surface area contributed by atoms with Crippen LogP contribution in [-0.4, -0.2) is 17.1 Å². The van der Waals surface area contributed by atoms with Crippen LogP contribution in [0.4, 0.5) is 5.69 Å². The summed E-state index contributed by atoms with van der Waals surface area (Å²) in [6.07, 6.45) is 0. The van der Waals surface area contributed by atoms with Crippen LogP contribution < -0.4 is 9.47 Å². The molecule has 0 heterocycles. The van der Waals surface area contributed by atoms with Crippen molar-refractivity contribution >= 4 is 5.69 Å². The quantitative estimate of drug-likeness (QED) is 0.675. The van der Waals surface area contributed by atoms with Crippen LogP contribution in [0.1, 0.15) is 11.1 Å². The Balaban J connectivity index is 2.37. The number of nitrogens with zero attached hydrogens (tertiary/aromatic N) is 1. The standard InChI is InChI=1S/C15H15NO5/c1-10-3-5-13(11(7-10)9-17)21-14-6-4-12(16(18)19)8-15(14)20-2/h3-8,17H,9H2,1-2H3. The van der Waals surface area contributed by atoms with Gasteiger partial charge in [0, 0.05) is 11.6 Å². The van der Waals surface area contributed by atoms with Gasteiger partial charge < -0.3 is 14.6 Å². The molecular formula is C15H15NO5. The minimum Gasteiger partial charge on any atom is -0.493 e. The van der Waals surface area contributed by atoms with Crippen LogP contribution in [0.3, 0.4) is 0 Å². The SMILES string of the molecule is COc1cc([N+](=O)[O-])ccc1Oc1ccc(C)cc1CO. The molecule has 0 fully saturated rings. The van der Waals surface area contributed by atoms with E-state index in [0.717, 1.165) is 5.56 Å². The molecule has 0 bridgehead atoms. The van der Waals surface area contributed by atoms with Gasteiger partial charge in [-0.3, -0.25) is 10.1 Å². The fourth-order valence-corrected chi connectivity index (χ4v) is 1.90. The smallest absolute Gasteiger partial charge is 0.273 e. The minimum atomic E-state index is -0.503. The van der Waals surface area contributed by atoms with E-state index in [4.69, 9.17) is 9.47 Å². The van der Waals surface area contributed by atoms with Crippen LogP contribution in [-0.2, 0) is 6.61 Å². The van der Waals surface area contributed by atoms with Crippen molar-refractivity contribution in [1.29, 1.82) is 0 Å². The Morgan fingerprint density at radius 2 is 1.86 bits per heavy atom. The second-order valence-electron chi connectivity index (χ2n) is 4.46. The van der Waals surface area contributed by atoms with Crippen LogP contribution >= 0.6 is 0 Å². The summed E-state index contributed by atoms with van der Waals surface area (Å²) in [6.45, 7) is 1.75.